The Labute approximate surface area is 179 Å². The molecule has 0 aliphatic rings. The van der Waals surface area contributed by atoms with Crippen molar-refractivity contribution in [1.29, 1.82) is 5.26 Å². The van der Waals surface area contributed by atoms with E-state index in [2.05, 4.69) is 5.32 Å². The predicted octanol–water partition coefficient (Wildman–Crippen LogP) is 2.52. The highest BCUT2D eigenvalue weighted by molar-refractivity contribution is 8.02. The van der Waals surface area contributed by atoms with E-state index in [9.17, 15) is 19.0 Å². The van der Waals surface area contributed by atoms with Crippen LogP contribution in [0.15, 0.2) is 34.9 Å². The molecule has 0 saturated heterocycles. The summed E-state index contributed by atoms with van der Waals surface area (Å²) < 4.78 is 49.2. The van der Waals surface area contributed by atoms with Crippen LogP contribution in [0.1, 0.15) is 11.3 Å². The molecule has 0 heterocycles. The molecule has 12 heteroatoms. The summed E-state index contributed by atoms with van der Waals surface area (Å²) in [6.07, 6.45) is 1.57. The van der Waals surface area contributed by atoms with Gasteiger partial charge in [0.2, 0.25) is 0 Å². The fourth-order valence-corrected chi connectivity index (χ4v) is 4.82. The molecule has 1 aromatic carbocycles. The number of nitrogens with two attached hydrogens (primary N) is 1. The lowest BCUT2D eigenvalue weighted by molar-refractivity contribution is -0.114. The molecule has 1 unspecified atom stereocenters. The molecule has 0 spiro atoms. The zero-order valence-electron chi connectivity index (χ0n) is 16.9. The van der Waals surface area contributed by atoms with Crippen molar-refractivity contribution in [3.05, 3.63) is 46.2 Å². The molecule has 0 aromatic heterocycles. The summed E-state index contributed by atoms with van der Waals surface area (Å²) in [7, 11) is -1.23. The number of nitrogens with zero attached hydrogens (tertiary/aromatic N) is 1. The van der Waals surface area contributed by atoms with Gasteiger partial charge in [-0.1, -0.05) is 18.2 Å². The first-order valence-corrected chi connectivity index (χ1v) is 11.5. The van der Waals surface area contributed by atoms with Crippen molar-refractivity contribution in [2.45, 2.75) is 5.78 Å². The summed E-state index contributed by atoms with van der Waals surface area (Å²) in [5, 5.41) is 12.1. The molecule has 30 heavy (non-hydrogen) atoms. The van der Waals surface area contributed by atoms with Crippen LogP contribution in [-0.4, -0.2) is 52.8 Å². The SMILES string of the molecule is COCCOP(=O)(OCCOC)C(N/C(SC)=C(/C#N)C(N)=O)c1ccccc1F. The number of nitrogens with one attached hydrogen (secondary N) is 1. The Morgan fingerprint density at radius 1 is 1.23 bits per heavy atom. The first kappa shape index (κ1) is 26.1. The average Bonchev–Trinajstić information content (AvgIpc) is 2.72. The maximum Gasteiger partial charge on any atom is 0.357 e. The van der Waals surface area contributed by atoms with Gasteiger partial charge in [0.1, 0.15) is 17.5 Å². The topological polar surface area (TPSA) is 133 Å². The van der Waals surface area contributed by atoms with Crippen molar-refractivity contribution < 1.29 is 32.3 Å². The lowest BCUT2D eigenvalue weighted by Gasteiger charge is -2.29. The van der Waals surface area contributed by atoms with E-state index in [0.717, 1.165) is 11.8 Å². The van der Waals surface area contributed by atoms with Crippen LogP contribution < -0.4 is 11.1 Å². The minimum Gasteiger partial charge on any atom is -0.382 e. The summed E-state index contributed by atoms with van der Waals surface area (Å²) in [5.41, 5.74) is 4.83. The zero-order valence-corrected chi connectivity index (χ0v) is 18.6. The maximum atomic E-state index is 14.6. The van der Waals surface area contributed by atoms with Gasteiger partial charge in [0.25, 0.3) is 5.91 Å². The van der Waals surface area contributed by atoms with Crippen LogP contribution in [-0.2, 0) is 27.9 Å². The van der Waals surface area contributed by atoms with Crippen LogP contribution in [0, 0.1) is 17.1 Å². The molecule has 9 nitrogen and oxygen atoms in total. The Balaban J connectivity index is 3.51. The third-order valence-electron chi connectivity index (χ3n) is 3.69. The minimum absolute atomic E-state index is 0.00385. The number of methoxy groups -OCH3 is 2. The molecule has 0 saturated carbocycles. The van der Waals surface area contributed by atoms with E-state index >= 15 is 0 Å². The third kappa shape index (κ3) is 7.40. The number of nitriles is 1. The highest BCUT2D eigenvalue weighted by atomic mass is 32.2. The zero-order chi connectivity index (χ0) is 22.6. The molecule has 166 valence electrons. The number of rotatable bonds is 14. The van der Waals surface area contributed by atoms with Crippen LogP contribution in [0.3, 0.4) is 0 Å². The summed E-state index contributed by atoms with van der Waals surface area (Å²) >= 11 is 0.974. The fourth-order valence-electron chi connectivity index (χ4n) is 2.28. The van der Waals surface area contributed by atoms with E-state index in [1.807, 2.05) is 0 Å². The van der Waals surface area contributed by atoms with E-state index in [1.54, 1.807) is 18.4 Å². The summed E-state index contributed by atoms with van der Waals surface area (Å²) in [6, 6.07) is 7.29. The van der Waals surface area contributed by atoms with Gasteiger partial charge in [-0.05, 0) is 12.3 Å². The molecule has 0 fully saturated rings. The minimum atomic E-state index is -4.11. The lowest BCUT2D eigenvalue weighted by Crippen LogP contribution is -2.27. The Bertz CT molecular complexity index is 818. The molecular weight excluding hydrogens is 436 g/mol. The van der Waals surface area contributed by atoms with E-state index < -0.39 is 30.7 Å². The molecule has 0 aliphatic heterocycles. The number of hydrogen-bond donors (Lipinski definition) is 2. The van der Waals surface area contributed by atoms with Gasteiger partial charge in [0.15, 0.2) is 5.78 Å². The third-order valence-corrected chi connectivity index (χ3v) is 6.55. The second-order valence-corrected chi connectivity index (χ2v) is 8.57. The van der Waals surface area contributed by atoms with Crippen molar-refractivity contribution in [1.82, 2.24) is 5.32 Å². The van der Waals surface area contributed by atoms with Gasteiger partial charge in [0.05, 0.1) is 31.5 Å². The van der Waals surface area contributed by atoms with Gasteiger partial charge in [-0.3, -0.25) is 9.36 Å². The monoisotopic (exact) mass is 461 g/mol. The molecule has 1 atom stereocenters. The Kier molecular flexibility index (Phi) is 11.7. The van der Waals surface area contributed by atoms with E-state index in [4.69, 9.17) is 24.3 Å². The van der Waals surface area contributed by atoms with Crippen molar-refractivity contribution >= 4 is 25.3 Å². The van der Waals surface area contributed by atoms with Crippen molar-refractivity contribution in [3.8, 4) is 6.07 Å². The summed E-state index contributed by atoms with van der Waals surface area (Å²) in [5.74, 6) is -3.05. The second-order valence-electron chi connectivity index (χ2n) is 5.64. The molecular formula is C18H25FN3O6PS. The number of amides is 1. The van der Waals surface area contributed by atoms with Gasteiger partial charge in [-0.2, -0.15) is 5.26 Å². The fraction of sp³-hybridized carbons (Fsp3) is 0.444. The largest absolute Gasteiger partial charge is 0.382 e. The van der Waals surface area contributed by atoms with Crippen LogP contribution in [0.2, 0.25) is 0 Å². The Hall–Kier alpha value is -1.93. The Morgan fingerprint density at radius 2 is 1.80 bits per heavy atom. The number of ether oxygens (including phenoxy) is 2. The van der Waals surface area contributed by atoms with Gasteiger partial charge in [-0.15, -0.1) is 11.8 Å². The van der Waals surface area contributed by atoms with Gasteiger partial charge in [0, 0.05) is 19.8 Å². The first-order chi connectivity index (χ1) is 14.3. The number of hydrogen-bond acceptors (Lipinski definition) is 9. The van der Waals surface area contributed by atoms with Crippen LogP contribution >= 0.6 is 19.4 Å². The number of primary amides is 1. The van der Waals surface area contributed by atoms with Crippen molar-refractivity contribution in [3.63, 3.8) is 0 Å². The highest BCUT2D eigenvalue weighted by Gasteiger charge is 2.40. The van der Waals surface area contributed by atoms with Gasteiger partial charge < -0.3 is 29.6 Å². The standard InChI is InChI=1S/C18H25FN3O6PS/c1-25-8-10-27-29(24,28-11-9-26-2)17(13-6-4-5-7-15(13)19)22-18(30-3)14(12-20)16(21)23/h4-7,17,22H,8-11H2,1-3H3,(H2,21,23)/b18-14+. The number of benzene rings is 1. The molecule has 0 bridgehead atoms. The number of halogens is 1. The molecule has 0 radical (unpaired) electrons. The second kappa shape index (κ2) is 13.4. The maximum absolute atomic E-state index is 14.6. The summed E-state index contributed by atoms with van der Waals surface area (Å²) in [4.78, 5) is 11.6. The first-order valence-electron chi connectivity index (χ1n) is 8.70. The van der Waals surface area contributed by atoms with Gasteiger partial charge in [-0.25, -0.2) is 4.39 Å². The van der Waals surface area contributed by atoms with E-state index in [1.165, 1.54) is 32.4 Å². The molecule has 3 N–H and O–H groups in total. The normalized spacial score (nSPS) is 13.3. The number of carbonyl (C=O) groups excluding carboxylic acids is 1. The molecule has 1 aromatic rings. The predicted molar refractivity (Wildman–Crippen MR) is 111 cm³/mol. The highest BCUT2D eigenvalue weighted by Crippen LogP contribution is 2.60. The molecule has 1 rings (SSSR count). The molecule has 1 amide bonds. The van der Waals surface area contributed by atoms with Gasteiger partial charge >= 0.3 is 7.60 Å². The van der Waals surface area contributed by atoms with Crippen molar-refractivity contribution in [2.75, 3.05) is 46.9 Å². The van der Waals surface area contributed by atoms with E-state index in [0.29, 0.717) is 0 Å². The van der Waals surface area contributed by atoms with Crippen LogP contribution in [0.4, 0.5) is 4.39 Å². The Morgan fingerprint density at radius 3 is 2.23 bits per heavy atom. The quantitative estimate of drug-likeness (QED) is 0.186. The smallest absolute Gasteiger partial charge is 0.357 e. The lowest BCUT2D eigenvalue weighted by atomic mass is 10.2. The van der Waals surface area contributed by atoms with Crippen LogP contribution in [0.5, 0.6) is 0 Å². The summed E-state index contributed by atoms with van der Waals surface area (Å²) in [6.45, 7) is 0.00835. The van der Waals surface area contributed by atoms with Crippen LogP contribution in [0.25, 0.3) is 0 Å². The average molecular weight is 461 g/mol. The number of thioether (sulfide) groups is 1. The van der Waals surface area contributed by atoms with Crippen molar-refractivity contribution in [2.24, 2.45) is 5.73 Å². The number of carbonyl (C=O) groups is 1. The molecule has 0 aliphatic carbocycles. The van der Waals surface area contributed by atoms with E-state index in [-0.39, 0.29) is 37.0 Å².